The predicted molar refractivity (Wildman–Crippen MR) is 129 cm³/mol. The zero-order valence-corrected chi connectivity index (χ0v) is 18.7. The van der Waals surface area contributed by atoms with Gasteiger partial charge in [0.15, 0.2) is 0 Å². The van der Waals surface area contributed by atoms with Crippen LogP contribution in [-0.4, -0.2) is 34.7 Å². The van der Waals surface area contributed by atoms with Gasteiger partial charge in [-0.1, -0.05) is 66.2 Å². The first-order valence-corrected chi connectivity index (χ1v) is 12.0. The molecule has 166 valence electrons. The van der Waals surface area contributed by atoms with E-state index in [2.05, 4.69) is 65.7 Å². The minimum absolute atomic E-state index is 0.0997. The molecule has 1 aliphatic carbocycles. The van der Waals surface area contributed by atoms with Crippen LogP contribution in [0.2, 0.25) is 0 Å². The Morgan fingerprint density at radius 3 is 2.42 bits per heavy atom. The highest BCUT2D eigenvalue weighted by atomic mass is 16.6. The highest BCUT2D eigenvalue weighted by Gasteiger charge is 2.38. The van der Waals surface area contributed by atoms with Crippen molar-refractivity contribution in [2.45, 2.75) is 50.1 Å². The van der Waals surface area contributed by atoms with Crippen molar-refractivity contribution >= 4 is 6.09 Å². The van der Waals surface area contributed by atoms with E-state index in [0.29, 0.717) is 6.61 Å². The number of nitrogens with zero attached hydrogens (tertiary/aromatic N) is 2. The first-order valence-electron chi connectivity index (χ1n) is 12.0. The van der Waals surface area contributed by atoms with Gasteiger partial charge in [0, 0.05) is 24.4 Å². The van der Waals surface area contributed by atoms with Crippen LogP contribution in [-0.2, 0) is 11.2 Å². The highest BCUT2D eigenvalue weighted by molar-refractivity contribution is 5.79. The molecule has 4 heteroatoms. The average molecular weight is 437 g/mol. The molecule has 33 heavy (non-hydrogen) atoms. The molecule has 0 radical (unpaired) electrons. The molecule has 1 amide bonds. The molecular formula is C29H28N2O2. The first-order chi connectivity index (χ1) is 16.3. The smallest absolute Gasteiger partial charge is 0.410 e. The first kappa shape index (κ1) is 20.2. The van der Waals surface area contributed by atoms with Gasteiger partial charge >= 0.3 is 6.09 Å². The van der Waals surface area contributed by atoms with Crippen LogP contribution in [0.3, 0.4) is 0 Å². The van der Waals surface area contributed by atoms with E-state index in [1.807, 2.05) is 23.4 Å². The van der Waals surface area contributed by atoms with Crippen LogP contribution in [0.15, 0.2) is 84.7 Å². The third kappa shape index (κ3) is 3.74. The van der Waals surface area contributed by atoms with Crippen molar-refractivity contribution in [1.29, 1.82) is 0 Å². The molecule has 0 saturated carbocycles. The molecule has 2 aliphatic heterocycles. The van der Waals surface area contributed by atoms with Crippen LogP contribution in [0.25, 0.3) is 11.1 Å². The second kappa shape index (κ2) is 8.51. The number of ether oxygens (including phenoxy) is 1. The summed E-state index contributed by atoms with van der Waals surface area (Å²) in [6.45, 7) is 0.384. The van der Waals surface area contributed by atoms with Crippen LogP contribution in [0.4, 0.5) is 4.79 Å². The molecule has 3 heterocycles. The van der Waals surface area contributed by atoms with Crippen LogP contribution in [0.5, 0.6) is 0 Å². The maximum absolute atomic E-state index is 13.3. The van der Waals surface area contributed by atoms with Crippen LogP contribution >= 0.6 is 0 Å². The van der Waals surface area contributed by atoms with E-state index in [4.69, 9.17) is 4.74 Å². The van der Waals surface area contributed by atoms with Crippen LogP contribution in [0, 0.1) is 0 Å². The van der Waals surface area contributed by atoms with Gasteiger partial charge in [-0.3, -0.25) is 9.88 Å². The summed E-state index contributed by atoms with van der Waals surface area (Å²) in [7, 11) is 0. The molecule has 1 fully saturated rings. The molecule has 1 aromatic heterocycles. The maximum atomic E-state index is 13.3. The van der Waals surface area contributed by atoms with Crippen molar-refractivity contribution in [1.82, 2.24) is 9.88 Å². The van der Waals surface area contributed by atoms with Crippen molar-refractivity contribution in [2.75, 3.05) is 6.61 Å². The number of hydrogen-bond acceptors (Lipinski definition) is 3. The molecule has 6 rings (SSSR count). The standard InChI is InChI=1S/C29H28N2O2/c32-29(33-19-28-26-12-3-1-10-24(26)25-11-2-4-13-27(25)28)31-22-8-5-9-23(31)17-21(16-22)15-20-7-6-14-30-18-20/h1-4,6-7,10-14,16,18,22-23,28H,5,8-9,15,17,19H2. The predicted octanol–water partition coefficient (Wildman–Crippen LogP) is 6.13. The normalized spacial score (nSPS) is 21.2. The molecule has 1 saturated heterocycles. The molecular weight excluding hydrogens is 408 g/mol. The lowest BCUT2D eigenvalue weighted by atomic mass is 9.83. The fourth-order valence-electron chi connectivity index (χ4n) is 5.97. The van der Waals surface area contributed by atoms with Gasteiger partial charge in [0.1, 0.15) is 6.61 Å². The molecule has 2 bridgehead atoms. The van der Waals surface area contributed by atoms with Gasteiger partial charge in [0.25, 0.3) is 0 Å². The van der Waals surface area contributed by atoms with E-state index < -0.39 is 0 Å². The third-order valence-corrected chi connectivity index (χ3v) is 7.41. The Kier molecular flexibility index (Phi) is 5.21. The summed E-state index contributed by atoms with van der Waals surface area (Å²) in [5, 5.41) is 0. The van der Waals surface area contributed by atoms with Crippen molar-refractivity contribution < 1.29 is 9.53 Å². The molecule has 0 N–H and O–H groups in total. The van der Waals surface area contributed by atoms with Gasteiger partial charge in [0.2, 0.25) is 0 Å². The van der Waals surface area contributed by atoms with Crippen LogP contribution in [0.1, 0.15) is 48.3 Å². The molecule has 2 atom stereocenters. The number of hydrogen-bond donors (Lipinski definition) is 0. The number of benzene rings is 2. The molecule has 4 nitrogen and oxygen atoms in total. The lowest BCUT2D eigenvalue weighted by molar-refractivity contribution is 0.0509. The van der Waals surface area contributed by atoms with E-state index in [1.54, 1.807) is 0 Å². The second-order valence-corrected chi connectivity index (χ2v) is 9.43. The largest absolute Gasteiger partial charge is 0.448 e. The molecule has 0 spiro atoms. The maximum Gasteiger partial charge on any atom is 0.410 e. The van der Waals surface area contributed by atoms with Crippen molar-refractivity contribution in [3.05, 3.63) is 101 Å². The topological polar surface area (TPSA) is 42.4 Å². The van der Waals surface area contributed by atoms with Gasteiger partial charge in [0.05, 0.1) is 6.04 Å². The number of fused-ring (bicyclic) bond motifs is 5. The fraction of sp³-hybridized carbons (Fsp3) is 0.310. The number of amides is 1. The van der Waals surface area contributed by atoms with E-state index in [9.17, 15) is 4.79 Å². The minimum atomic E-state index is -0.164. The number of pyridine rings is 1. The van der Waals surface area contributed by atoms with Gasteiger partial charge < -0.3 is 4.74 Å². The molecule has 2 unspecified atom stereocenters. The number of carbonyl (C=O) groups is 1. The summed E-state index contributed by atoms with van der Waals surface area (Å²) in [5.74, 6) is 0.0997. The molecule has 2 aromatic carbocycles. The molecule has 3 aliphatic rings. The summed E-state index contributed by atoms with van der Waals surface area (Å²) in [5.41, 5.74) is 7.67. The van der Waals surface area contributed by atoms with Crippen molar-refractivity contribution in [3.8, 4) is 11.1 Å². The summed E-state index contributed by atoms with van der Waals surface area (Å²) in [4.78, 5) is 19.6. The summed E-state index contributed by atoms with van der Waals surface area (Å²) in [6.07, 6.45) is 11.0. The van der Waals surface area contributed by atoms with Crippen molar-refractivity contribution in [3.63, 3.8) is 0 Å². The Hall–Kier alpha value is -3.40. The van der Waals surface area contributed by atoms with E-state index in [0.717, 1.165) is 25.7 Å². The number of aromatic nitrogens is 1. The lowest BCUT2D eigenvalue weighted by Crippen LogP contribution is -2.52. The molecule has 3 aromatic rings. The number of rotatable bonds is 4. The van der Waals surface area contributed by atoms with Gasteiger partial charge in [-0.2, -0.15) is 0 Å². The van der Waals surface area contributed by atoms with Crippen LogP contribution < -0.4 is 0 Å². The Morgan fingerprint density at radius 2 is 1.73 bits per heavy atom. The second-order valence-electron chi connectivity index (χ2n) is 9.43. The van der Waals surface area contributed by atoms with Gasteiger partial charge in [-0.05, 0) is 66.0 Å². The van der Waals surface area contributed by atoms with Gasteiger partial charge in [-0.15, -0.1) is 0 Å². The Labute approximate surface area is 194 Å². The zero-order chi connectivity index (χ0) is 22.2. The minimum Gasteiger partial charge on any atom is -0.448 e. The van der Waals surface area contributed by atoms with E-state index in [-0.39, 0.29) is 24.1 Å². The monoisotopic (exact) mass is 436 g/mol. The summed E-state index contributed by atoms with van der Waals surface area (Å²) >= 11 is 0. The SMILES string of the molecule is O=C(OCC1c2ccccc2-c2ccccc21)N1C2C=C(Cc3cccnc3)CC1CCC2. The summed E-state index contributed by atoms with van der Waals surface area (Å²) < 4.78 is 6.02. The number of carbonyl (C=O) groups excluding carboxylic acids is 1. The third-order valence-electron chi connectivity index (χ3n) is 7.41. The zero-order valence-electron chi connectivity index (χ0n) is 18.7. The van der Waals surface area contributed by atoms with Gasteiger partial charge in [-0.25, -0.2) is 4.79 Å². The quantitative estimate of drug-likeness (QED) is 0.462. The Morgan fingerprint density at radius 1 is 0.970 bits per heavy atom. The number of piperidine rings is 1. The average Bonchev–Trinajstić information content (AvgIpc) is 3.16. The fourth-order valence-corrected chi connectivity index (χ4v) is 5.97. The Balaban J connectivity index is 1.18. The highest BCUT2D eigenvalue weighted by Crippen LogP contribution is 2.44. The summed E-state index contributed by atoms with van der Waals surface area (Å²) in [6, 6.07) is 21.4. The van der Waals surface area contributed by atoms with E-state index in [1.165, 1.54) is 39.8 Å². The Bertz CT molecular complexity index is 1160. The lowest BCUT2D eigenvalue weighted by Gasteiger charge is -2.44. The van der Waals surface area contributed by atoms with Crippen molar-refractivity contribution in [2.24, 2.45) is 0 Å². The van der Waals surface area contributed by atoms with E-state index >= 15 is 0 Å².